The minimum absolute atomic E-state index is 0.326. The number of carbonyl (C=O) groups excluding carboxylic acids is 1. The number of amides is 1. The van der Waals surface area contributed by atoms with Crippen molar-refractivity contribution in [1.82, 2.24) is 5.32 Å². The molecule has 0 aromatic carbocycles. The average Bonchev–Trinajstić information content (AvgIpc) is 2.80. The zero-order chi connectivity index (χ0) is 18.3. The molecule has 0 aromatic rings. The molecule has 8 heteroatoms. The van der Waals surface area contributed by atoms with Gasteiger partial charge in [0.25, 0.3) is 9.70 Å². The highest BCUT2D eigenvalue weighted by molar-refractivity contribution is 6.76. The maximum absolute atomic E-state index is 12.3. The van der Waals surface area contributed by atoms with Crippen molar-refractivity contribution >= 4 is 40.7 Å². The van der Waals surface area contributed by atoms with Crippen LogP contribution in [0.25, 0.3) is 0 Å². The van der Waals surface area contributed by atoms with E-state index in [1.807, 2.05) is 20.8 Å². The summed E-state index contributed by atoms with van der Waals surface area (Å²) >= 11 is 17.0. The van der Waals surface area contributed by atoms with Gasteiger partial charge in [0.2, 0.25) is 0 Å². The maximum Gasteiger partial charge on any atom is 0.272 e. The first-order chi connectivity index (χ1) is 10.9. The van der Waals surface area contributed by atoms with E-state index < -0.39 is 27.1 Å². The van der Waals surface area contributed by atoms with Gasteiger partial charge in [-0.2, -0.15) is 0 Å². The fourth-order valence-corrected chi connectivity index (χ4v) is 3.46. The number of hydrogen-bond acceptors (Lipinski definition) is 4. The number of aliphatic hydroxyl groups is 1. The fourth-order valence-electron chi connectivity index (χ4n) is 3.32. The van der Waals surface area contributed by atoms with E-state index in [2.05, 4.69) is 11.9 Å². The molecule has 1 amide bonds. The lowest BCUT2D eigenvalue weighted by Gasteiger charge is -2.47. The van der Waals surface area contributed by atoms with Crippen LogP contribution in [0.5, 0.6) is 0 Å². The summed E-state index contributed by atoms with van der Waals surface area (Å²) in [5.74, 6) is -1.90. The summed E-state index contributed by atoms with van der Waals surface area (Å²) in [6.45, 7) is 9.65. The van der Waals surface area contributed by atoms with E-state index in [1.54, 1.807) is 6.08 Å². The Bertz CT molecular complexity index is 558. The highest BCUT2D eigenvalue weighted by Gasteiger charge is 2.53. The average molecular weight is 399 g/mol. The van der Waals surface area contributed by atoms with E-state index in [0.29, 0.717) is 13.0 Å². The summed E-state index contributed by atoms with van der Waals surface area (Å²) in [6.07, 6.45) is 2.34. The van der Waals surface area contributed by atoms with Gasteiger partial charge in [0.15, 0.2) is 5.79 Å². The third-order valence-corrected chi connectivity index (χ3v) is 5.01. The van der Waals surface area contributed by atoms with E-state index >= 15 is 0 Å². The van der Waals surface area contributed by atoms with Gasteiger partial charge < -0.3 is 19.9 Å². The van der Waals surface area contributed by atoms with E-state index in [1.165, 1.54) is 6.08 Å². The predicted octanol–water partition coefficient (Wildman–Crippen LogP) is 2.88. The first-order valence-corrected chi connectivity index (χ1v) is 8.75. The number of hydrogen-bond donors (Lipinski definition) is 2. The molecule has 2 rings (SSSR count). The number of halogens is 3. The molecule has 0 bridgehead atoms. The molecule has 2 aliphatic rings. The Balaban J connectivity index is 2.39. The lowest BCUT2D eigenvalue weighted by Crippen LogP contribution is -2.65. The minimum Gasteiger partial charge on any atom is -0.386 e. The van der Waals surface area contributed by atoms with Gasteiger partial charge in [-0.1, -0.05) is 52.5 Å². The van der Waals surface area contributed by atoms with Gasteiger partial charge in [0.1, 0.15) is 0 Å². The van der Waals surface area contributed by atoms with Crippen molar-refractivity contribution < 1.29 is 19.4 Å². The van der Waals surface area contributed by atoms with Crippen molar-refractivity contribution in [3.05, 3.63) is 24.3 Å². The Morgan fingerprint density at radius 3 is 2.58 bits per heavy atom. The molecule has 0 aromatic heterocycles. The molecule has 136 valence electrons. The molecule has 0 saturated carbocycles. The van der Waals surface area contributed by atoms with Crippen LogP contribution in [0.4, 0.5) is 0 Å². The second-order valence-electron chi connectivity index (χ2n) is 6.72. The lowest BCUT2D eigenvalue weighted by atomic mass is 9.69. The van der Waals surface area contributed by atoms with Gasteiger partial charge in [-0.3, -0.25) is 4.79 Å². The molecule has 0 unspecified atom stereocenters. The zero-order valence-electron chi connectivity index (χ0n) is 13.8. The molecule has 24 heavy (non-hydrogen) atoms. The van der Waals surface area contributed by atoms with Crippen LogP contribution in [0.15, 0.2) is 24.3 Å². The summed E-state index contributed by atoms with van der Waals surface area (Å²) < 4.78 is 9.44. The Labute approximate surface area is 156 Å². The Morgan fingerprint density at radius 1 is 1.50 bits per heavy atom. The SMILES string of the molecule is C=C[C@]1(NC(=O)C(Cl)(Cl)Cl)[C@H](O)C=C(C)C[C@@H]1[C@H]1COC(C)(C)O1. The summed E-state index contributed by atoms with van der Waals surface area (Å²) in [5, 5.41) is 13.3. The van der Waals surface area contributed by atoms with Crippen LogP contribution < -0.4 is 5.32 Å². The minimum atomic E-state index is -2.15. The molecule has 0 radical (unpaired) electrons. The largest absolute Gasteiger partial charge is 0.386 e. The number of aliphatic hydroxyl groups excluding tert-OH is 1. The quantitative estimate of drug-likeness (QED) is 0.566. The van der Waals surface area contributed by atoms with Gasteiger partial charge in [-0.25, -0.2) is 0 Å². The molecule has 1 aliphatic carbocycles. The highest BCUT2D eigenvalue weighted by atomic mass is 35.6. The first kappa shape index (κ1) is 20.0. The second-order valence-corrected chi connectivity index (χ2v) is 9.01. The predicted molar refractivity (Wildman–Crippen MR) is 94.1 cm³/mol. The van der Waals surface area contributed by atoms with Gasteiger partial charge in [0.05, 0.1) is 24.4 Å². The van der Waals surface area contributed by atoms with Gasteiger partial charge in [-0.05, 0) is 27.2 Å². The van der Waals surface area contributed by atoms with Crippen molar-refractivity contribution in [2.45, 2.75) is 54.5 Å². The van der Waals surface area contributed by atoms with E-state index in [-0.39, 0.29) is 12.0 Å². The van der Waals surface area contributed by atoms with Crippen LogP contribution in [0.3, 0.4) is 0 Å². The third-order valence-electron chi connectivity index (χ3n) is 4.49. The van der Waals surface area contributed by atoms with Crippen molar-refractivity contribution in [3.8, 4) is 0 Å². The van der Waals surface area contributed by atoms with Crippen LogP contribution in [0, 0.1) is 5.92 Å². The number of allylic oxidation sites excluding steroid dienone is 1. The van der Waals surface area contributed by atoms with Crippen LogP contribution in [-0.4, -0.2) is 44.9 Å². The molecular weight excluding hydrogens is 377 g/mol. The normalized spacial score (nSPS) is 36.1. The monoisotopic (exact) mass is 397 g/mol. The molecule has 0 spiro atoms. The maximum atomic E-state index is 12.3. The smallest absolute Gasteiger partial charge is 0.272 e. The van der Waals surface area contributed by atoms with E-state index in [9.17, 15) is 9.90 Å². The molecule has 1 aliphatic heterocycles. The number of carbonyl (C=O) groups is 1. The number of rotatable bonds is 3. The molecule has 1 saturated heterocycles. The zero-order valence-corrected chi connectivity index (χ0v) is 16.1. The van der Waals surface area contributed by atoms with Crippen molar-refractivity contribution in [2.75, 3.05) is 6.61 Å². The molecule has 2 N–H and O–H groups in total. The van der Waals surface area contributed by atoms with Crippen molar-refractivity contribution in [1.29, 1.82) is 0 Å². The summed E-state index contributed by atoms with van der Waals surface area (Å²) in [5.41, 5.74) is -0.254. The standard InChI is InChI=1S/C16H22Cl3NO4/c1-5-15(20-13(22)16(17,18)19)10(6-9(2)7-12(15)21)11-8-23-14(3,4)24-11/h5,7,10-12,21H,1,6,8H2,2-4H3,(H,20,22)/t10-,11-,12-,15-/m1/s1. The molecule has 1 fully saturated rings. The molecule has 5 nitrogen and oxygen atoms in total. The van der Waals surface area contributed by atoms with E-state index in [4.69, 9.17) is 44.3 Å². The molecule has 4 atom stereocenters. The summed E-state index contributed by atoms with van der Waals surface area (Å²) in [7, 11) is 0. The third kappa shape index (κ3) is 3.92. The van der Waals surface area contributed by atoms with Gasteiger partial charge in [-0.15, -0.1) is 6.58 Å². The first-order valence-electron chi connectivity index (χ1n) is 7.61. The topological polar surface area (TPSA) is 67.8 Å². The Hall–Kier alpha value is -0.300. The van der Waals surface area contributed by atoms with Gasteiger partial charge in [0, 0.05) is 5.92 Å². The van der Waals surface area contributed by atoms with Gasteiger partial charge >= 0.3 is 0 Å². The summed E-state index contributed by atoms with van der Waals surface area (Å²) in [6, 6.07) is 0. The highest BCUT2D eigenvalue weighted by Crippen LogP contribution is 2.42. The lowest BCUT2D eigenvalue weighted by molar-refractivity contribution is -0.151. The summed E-state index contributed by atoms with van der Waals surface area (Å²) in [4.78, 5) is 12.3. The van der Waals surface area contributed by atoms with Crippen LogP contribution >= 0.6 is 34.8 Å². The number of alkyl halides is 3. The number of ether oxygens (including phenoxy) is 2. The van der Waals surface area contributed by atoms with Crippen molar-refractivity contribution in [3.63, 3.8) is 0 Å². The Kier molecular flexibility index (Phi) is 5.66. The second kappa shape index (κ2) is 6.78. The molecule has 1 heterocycles. The van der Waals surface area contributed by atoms with Crippen LogP contribution in [-0.2, 0) is 14.3 Å². The van der Waals surface area contributed by atoms with Crippen LogP contribution in [0.2, 0.25) is 0 Å². The van der Waals surface area contributed by atoms with Crippen molar-refractivity contribution in [2.24, 2.45) is 5.92 Å². The Morgan fingerprint density at radius 2 is 2.12 bits per heavy atom. The number of nitrogens with one attached hydrogen (secondary N) is 1. The van der Waals surface area contributed by atoms with E-state index in [0.717, 1.165) is 5.57 Å². The van der Waals surface area contributed by atoms with Crippen LogP contribution in [0.1, 0.15) is 27.2 Å². The fraction of sp³-hybridized carbons (Fsp3) is 0.688. The molecular formula is C16H22Cl3NO4.